The number of urea groups is 1. The molecule has 1 rings (SSSR count). The minimum atomic E-state index is -0.267. The van der Waals surface area contributed by atoms with Crippen molar-refractivity contribution in [3.8, 4) is 0 Å². The molecule has 0 spiro atoms. The number of methoxy groups -OCH3 is 1. The molecule has 0 radical (unpaired) electrons. The van der Waals surface area contributed by atoms with Gasteiger partial charge in [0.1, 0.15) is 0 Å². The topological polar surface area (TPSA) is 67.4 Å². The molecule has 0 heterocycles. The molecule has 0 fully saturated rings. The minimum absolute atomic E-state index is 0.262. The van der Waals surface area contributed by atoms with Crippen LogP contribution in [-0.2, 0) is 9.53 Å². The number of aryl methyl sites for hydroxylation is 2. The monoisotopic (exact) mass is 264 g/mol. The van der Waals surface area contributed by atoms with E-state index in [-0.39, 0.29) is 12.0 Å². The first-order valence-corrected chi connectivity index (χ1v) is 6.22. The molecule has 5 nitrogen and oxygen atoms in total. The molecule has 0 bridgehead atoms. The standard InChI is InChI=1S/C14H20N2O3/c1-10-6-4-7-11(2)13(10)16-14(18)15-9-5-8-12(17)19-3/h4,6-7H,5,8-9H2,1-3H3,(H2,15,16,18). The van der Waals surface area contributed by atoms with Gasteiger partial charge in [-0.2, -0.15) is 0 Å². The molecule has 2 amide bonds. The van der Waals surface area contributed by atoms with Crippen molar-refractivity contribution in [1.29, 1.82) is 0 Å². The minimum Gasteiger partial charge on any atom is -0.469 e. The number of hydrogen-bond acceptors (Lipinski definition) is 3. The van der Waals surface area contributed by atoms with E-state index < -0.39 is 0 Å². The Kier molecular flexibility index (Phi) is 5.85. The largest absolute Gasteiger partial charge is 0.469 e. The summed E-state index contributed by atoms with van der Waals surface area (Å²) in [7, 11) is 1.35. The Bertz CT molecular complexity index is 438. The van der Waals surface area contributed by atoms with Gasteiger partial charge in [0.2, 0.25) is 0 Å². The maximum absolute atomic E-state index is 11.7. The third-order valence-corrected chi connectivity index (χ3v) is 2.79. The van der Waals surface area contributed by atoms with Crippen LogP contribution in [0.15, 0.2) is 18.2 Å². The SMILES string of the molecule is COC(=O)CCCNC(=O)Nc1c(C)cccc1C. The highest BCUT2D eigenvalue weighted by atomic mass is 16.5. The van der Waals surface area contributed by atoms with Gasteiger partial charge in [0.15, 0.2) is 0 Å². The second-order valence-electron chi connectivity index (χ2n) is 4.33. The summed E-state index contributed by atoms with van der Waals surface area (Å²) in [5.74, 6) is -0.267. The fraction of sp³-hybridized carbons (Fsp3) is 0.429. The van der Waals surface area contributed by atoms with E-state index in [0.717, 1.165) is 16.8 Å². The van der Waals surface area contributed by atoms with Crippen LogP contribution in [0.5, 0.6) is 0 Å². The number of nitrogens with one attached hydrogen (secondary N) is 2. The Morgan fingerprint density at radius 3 is 2.42 bits per heavy atom. The molecule has 1 aromatic rings. The molecule has 2 N–H and O–H groups in total. The lowest BCUT2D eigenvalue weighted by Crippen LogP contribution is -2.30. The van der Waals surface area contributed by atoms with Crippen molar-refractivity contribution < 1.29 is 14.3 Å². The first-order valence-electron chi connectivity index (χ1n) is 6.22. The molecule has 0 saturated carbocycles. The van der Waals surface area contributed by atoms with E-state index in [4.69, 9.17) is 0 Å². The second kappa shape index (κ2) is 7.41. The predicted octanol–water partition coefficient (Wildman–Crippen LogP) is 2.38. The molecule has 0 aliphatic rings. The highest BCUT2D eigenvalue weighted by Crippen LogP contribution is 2.18. The maximum atomic E-state index is 11.7. The average molecular weight is 264 g/mol. The van der Waals surface area contributed by atoms with E-state index in [9.17, 15) is 9.59 Å². The van der Waals surface area contributed by atoms with Crippen LogP contribution in [0.1, 0.15) is 24.0 Å². The summed E-state index contributed by atoms with van der Waals surface area (Å²) in [6, 6.07) is 5.58. The van der Waals surface area contributed by atoms with Crippen molar-refractivity contribution in [3.05, 3.63) is 29.3 Å². The van der Waals surface area contributed by atoms with Crippen molar-refractivity contribution >= 4 is 17.7 Å². The molecule has 0 aromatic heterocycles. The summed E-state index contributed by atoms with van der Waals surface area (Å²) in [4.78, 5) is 22.6. The van der Waals surface area contributed by atoms with E-state index in [2.05, 4.69) is 15.4 Å². The van der Waals surface area contributed by atoms with Gasteiger partial charge in [-0.05, 0) is 31.4 Å². The van der Waals surface area contributed by atoms with Crippen LogP contribution in [0.3, 0.4) is 0 Å². The average Bonchev–Trinajstić information content (AvgIpc) is 2.39. The Morgan fingerprint density at radius 2 is 1.84 bits per heavy atom. The van der Waals surface area contributed by atoms with Crippen molar-refractivity contribution in [1.82, 2.24) is 5.32 Å². The van der Waals surface area contributed by atoms with Gasteiger partial charge < -0.3 is 15.4 Å². The van der Waals surface area contributed by atoms with Gasteiger partial charge in [0.05, 0.1) is 7.11 Å². The number of anilines is 1. The highest BCUT2D eigenvalue weighted by molar-refractivity contribution is 5.90. The normalized spacial score (nSPS) is 9.84. The van der Waals surface area contributed by atoms with E-state index in [0.29, 0.717) is 19.4 Å². The molecule has 104 valence electrons. The quantitative estimate of drug-likeness (QED) is 0.633. The van der Waals surface area contributed by atoms with Crippen LogP contribution < -0.4 is 10.6 Å². The molecular weight excluding hydrogens is 244 g/mol. The number of amides is 2. The third kappa shape index (κ3) is 4.99. The fourth-order valence-electron chi connectivity index (χ4n) is 1.71. The van der Waals surface area contributed by atoms with Crippen LogP contribution in [0.25, 0.3) is 0 Å². The highest BCUT2D eigenvalue weighted by Gasteiger charge is 2.06. The lowest BCUT2D eigenvalue weighted by atomic mass is 10.1. The summed E-state index contributed by atoms with van der Waals surface area (Å²) in [5.41, 5.74) is 2.86. The Labute approximate surface area is 113 Å². The molecule has 0 aliphatic heterocycles. The number of esters is 1. The Balaban J connectivity index is 2.37. The molecule has 0 unspecified atom stereocenters. The van der Waals surface area contributed by atoms with Gasteiger partial charge in [0.25, 0.3) is 0 Å². The van der Waals surface area contributed by atoms with Gasteiger partial charge in [0, 0.05) is 18.7 Å². The number of carbonyl (C=O) groups is 2. The van der Waals surface area contributed by atoms with Crippen molar-refractivity contribution in [2.75, 3.05) is 19.0 Å². The lowest BCUT2D eigenvalue weighted by Gasteiger charge is -2.12. The number of para-hydroxylation sites is 1. The molecule has 0 aliphatic carbocycles. The fourth-order valence-corrected chi connectivity index (χ4v) is 1.71. The number of ether oxygens (including phenoxy) is 1. The van der Waals surface area contributed by atoms with Crippen molar-refractivity contribution in [2.45, 2.75) is 26.7 Å². The molecular formula is C14H20N2O3. The Morgan fingerprint density at radius 1 is 1.21 bits per heavy atom. The van der Waals surface area contributed by atoms with Gasteiger partial charge in [-0.1, -0.05) is 18.2 Å². The molecule has 5 heteroatoms. The van der Waals surface area contributed by atoms with Crippen molar-refractivity contribution in [3.63, 3.8) is 0 Å². The number of rotatable bonds is 5. The van der Waals surface area contributed by atoms with Crippen molar-refractivity contribution in [2.24, 2.45) is 0 Å². The lowest BCUT2D eigenvalue weighted by molar-refractivity contribution is -0.140. The van der Waals surface area contributed by atoms with Gasteiger partial charge in [-0.3, -0.25) is 4.79 Å². The zero-order valence-electron chi connectivity index (χ0n) is 11.6. The zero-order chi connectivity index (χ0) is 14.3. The molecule has 0 saturated heterocycles. The summed E-state index contributed by atoms with van der Waals surface area (Å²) >= 11 is 0. The summed E-state index contributed by atoms with van der Waals surface area (Å²) in [5, 5.41) is 5.52. The smallest absolute Gasteiger partial charge is 0.319 e. The van der Waals surface area contributed by atoms with Gasteiger partial charge in [-0.25, -0.2) is 4.79 Å². The van der Waals surface area contributed by atoms with Crippen LogP contribution in [0.4, 0.5) is 10.5 Å². The van der Waals surface area contributed by atoms with E-state index in [1.54, 1.807) is 0 Å². The number of benzene rings is 1. The predicted molar refractivity (Wildman–Crippen MR) is 74.2 cm³/mol. The van der Waals surface area contributed by atoms with Gasteiger partial charge in [-0.15, -0.1) is 0 Å². The molecule has 19 heavy (non-hydrogen) atoms. The zero-order valence-corrected chi connectivity index (χ0v) is 11.6. The van der Waals surface area contributed by atoms with E-state index in [1.807, 2.05) is 32.0 Å². The Hall–Kier alpha value is -2.04. The van der Waals surface area contributed by atoms with Gasteiger partial charge >= 0.3 is 12.0 Å². The van der Waals surface area contributed by atoms with Crippen LogP contribution >= 0.6 is 0 Å². The second-order valence-corrected chi connectivity index (χ2v) is 4.33. The van der Waals surface area contributed by atoms with E-state index >= 15 is 0 Å². The summed E-state index contributed by atoms with van der Waals surface area (Å²) in [6.45, 7) is 4.32. The first-order chi connectivity index (χ1) is 9.04. The number of hydrogen-bond donors (Lipinski definition) is 2. The van der Waals surface area contributed by atoms with Crippen LogP contribution in [-0.4, -0.2) is 25.7 Å². The molecule has 1 aromatic carbocycles. The summed E-state index contributed by atoms with van der Waals surface area (Å²) < 4.78 is 4.52. The van der Waals surface area contributed by atoms with Crippen LogP contribution in [0.2, 0.25) is 0 Å². The summed E-state index contributed by atoms with van der Waals surface area (Å²) in [6.07, 6.45) is 0.868. The number of carbonyl (C=O) groups excluding carboxylic acids is 2. The first kappa shape index (κ1) is 15.0. The maximum Gasteiger partial charge on any atom is 0.319 e. The third-order valence-electron chi connectivity index (χ3n) is 2.79. The van der Waals surface area contributed by atoms with Crippen LogP contribution in [0, 0.1) is 13.8 Å². The molecule has 0 atom stereocenters. The van der Waals surface area contributed by atoms with E-state index in [1.165, 1.54) is 7.11 Å².